The predicted molar refractivity (Wildman–Crippen MR) is 98.3 cm³/mol. The first-order valence-electron chi connectivity index (χ1n) is 9.16. The molecule has 0 heterocycles. The van der Waals surface area contributed by atoms with Gasteiger partial charge in [0.1, 0.15) is 5.60 Å². The number of hydrogen-bond acceptors (Lipinski definition) is 3. The average Bonchev–Trinajstić information content (AvgIpc) is 2.40. The Morgan fingerprint density at radius 3 is 2.26 bits per heavy atom. The first kappa shape index (κ1) is 20.5. The third-order valence-corrected chi connectivity index (χ3v) is 6.98. The Balaban J connectivity index is 2.56. The normalized spacial score (nSPS) is 20.0. The fraction of sp³-hybridized carbons (Fsp3) is 0.944. The van der Waals surface area contributed by atoms with E-state index in [1.807, 2.05) is 20.8 Å². The molecule has 1 saturated carbocycles. The summed E-state index contributed by atoms with van der Waals surface area (Å²) in [4.78, 5) is 12.1. The van der Waals surface area contributed by atoms with Gasteiger partial charge in [-0.2, -0.15) is 0 Å². The third kappa shape index (κ3) is 8.20. The number of nitrogens with one attached hydrogen (secondary N) is 1. The van der Waals surface area contributed by atoms with Gasteiger partial charge in [-0.05, 0) is 39.5 Å². The first-order valence-corrected chi connectivity index (χ1v) is 12.7. The van der Waals surface area contributed by atoms with Gasteiger partial charge < -0.3 is 15.2 Å². The molecule has 0 aromatic rings. The largest absolute Gasteiger partial charge is 0.444 e. The van der Waals surface area contributed by atoms with Crippen LogP contribution in [0.2, 0.25) is 19.6 Å². The minimum atomic E-state index is -1.74. The molecule has 1 rings (SSSR count). The van der Waals surface area contributed by atoms with Crippen molar-refractivity contribution >= 4 is 14.2 Å². The molecular weight excluding hydrogens is 306 g/mol. The topological polar surface area (TPSA) is 58.6 Å². The van der Waals surface area contributed by atoms with Crippen LogP contribution in [0.5, 0.6) is 0 Å². The van der Waals surface area contributed by atoms with Gasteiger partial charge in [-0.3, -0.25) is 0 Å². The molecule has 0 aromatic carbocycles. The van der Waals surface area contributed by atoms with Gasteiger partial charge in [0.05, 0.1) is 14.2 Å². The predicted octanol–water partition coefficient (Wildman–Crippen LogP) is 4.48. The Labute approximate surface area is 143 Å². The van der Waals surface area contributed by atoms with Crippen molar-refractivity contribution in [1.82, 2.24) is 5.32 Å². The molecule has 0 aliphatic heterocycles. The molecular formula is C18H37NO3Si. The second-order valence-electron chi connectivity index (χ2n) is 9.14. The van der Waals surface area contributed by atoms with Crippen LogP contribution in [0.25, 0.3) is 0 Å². The van der Waals surface area contributed by atoms with Gasteiger partial charge in [0.25, 0.3) is 0 Å². The van der Waals surface area contributed by atoms with E-state index in [4.69, 9.17) is 4.74 Å². The van der Waals surface area contributed by atoms with E-state index in [9.17, 15) is 9.90 Å². The first-order chi connectivity index (χ1) is 10.5. The Bertz CT molecular complexity index is 367. The number of aliphatic hydroxyl groups excluding tert-OH is 1. The third-order valence-electron chi connectivity index (χ3n) is 4.59. The molecule has 0 saturated heterocycles. The number of ether oxygens (including phenoxy) is 1. The molecule has 23 heavy (non-hydrogen) atoms. The molecule has 136 valence electrons. The van der Waals surface area contributed by atoms with Crippen LogP contribution in [-0.4, -0.2) is 36.6 Å². The second kappa shape index (κ2) is 8.52. The summed E-state index contributed by atoms with van der Waals surface area (Å²) in [5.74, 6) is 0.752. The highest BCUT2D eigenvalue weighted by molar-refractivity contribution is 6.78. The van der Waals surface area contributed by atoms with Crippen LogP contribution in [0.3, 0.4) is 0 Å². The zero-order valence-corrected chi connectivity index (χ0v) is 16.9. The van der Waals surface area contributed by atoms with Gasteiger partial charge in [-0.25, -0.2) is 4.79 Å². The van der Waals surface area contributed by atoms with Gasteiger partial charge in [0.15, 0.2) is 0 Å². The van der Waals surface area contributed by atoms with Crippen molar-refractivity contribution in [2.75, 3.05) is 0 Å². The molecule has 1 aliphatic carbocycles. The zero-order chi connectivity index (χ0) is 17.7. The van der Waals surface area contributed by atoms with Crippen LogP contribution in [0, 0.1) is 5.92 Å². The van der Waals surface area contributed by atoms with Crippen LogP contribution in [0.4, 0.5) is 4.79 Å². The molecule has 0 bridgehead atoms. The summed E-state index contributed by atoms with van der Waals surface area (Å²) in [7, 11) is -1.74. The van der Waals surface area contributed by atoms with Crippen molar-refractivity contribution in [2.45, 2.75) is 103 Å². The van der Waals surface area contributed by atoms with Gasteiger partial charge in [0.2, 0.25) is 0 Å². The summed E-state index contributed by atoms with van der Waals surface area (Å²) in [6.07, 6.45) is 7.55. The molecule has 5 heteroatoms. The monoisotopic (exact) mass is 343 g/mol. The van der Waals surface area contributed by atoms with Crippen molar-refractivity contribution in [3.63, 3.8) is 0 Å². The van der Waals surface area contributed by atoms with E-state index in [0.717, 1.165) is 18.8 Å². The molecule has 0 radical (unpaired) electrons. The lowest BCUT2D eigenvalue weighted by molar-refractivity contribution is 0.0455. The summed E-state index contributed by atoms with van der Waals surface area (Å²) in [5.41, 5.74) is -0.679. The number of rotatable bonds is 6. The van der Waals surface area contributed by atoms with E-state index in [-0.39, 0.29) is 5.67 Å². The smallest absolute Gasteiger partial charge is 0.407 e. The average molecular weight is 344 g/mol. The quantitative estimate of drug-likeness (QED) is 0.699. The minimum Gasteiger partial charge on any atom is -0.444 e. The second-order valence-corrected chi connectivity index (χ2v) is 14.5. The molecule has 0 spiro atoms. The van der Waals surface area contributed by atoms with E-state index >= 15 is 0 Å². The number of hydrogen-bond donors (Lipinski definition) is 2. The lowest BCUT2D eigenvalue weighted by Gasteiger charge is -2.35. The van der Waals surface area contributed by atoms with Crippen LogP contribution in [-0.2, 0) is 4.74 Å². The molecule has 2 atom stereocenters. The van der Waals surface area contributed by atoms with Crippen LogP contribution >= 0.6 is 0 Å². The van der Waals surface area contributed by atoms with Crippen molar-refractivity contribution in [3.05, 3.63) is 0 Å². The van der Waals surface area contributed by atoms with Gasteiger partial charge in [-0.15, -0.1) is 0 Å². The fourth-order valence-corrected chi connectivity index (χ4v) is 5.25. The molecule has 1 fully saturated rings. The molecule has 1 aliphatic rings. The van der Waals surface area contributed by atoms with Gasteiger partial charge >= 0.3 is 6.09 Å². The molecule has 2 N–H and O–H groups in total. The van der Waals surface area contributed by atoms with E-state index in [1.54, 1.807) is 0 Å². The maximum absolute atomic E-state index is 12.1. The molecule has 0 aromatic heterocycles. The number of carbonyl (C=O) groups excluding carboxylic acids is 1. The van der Waals surface area contributed by atoms with Crippen LogP contribution < -0.4 is 5.32 Å². The molecule has 1 unspecified atom stereocenters. The van der Waals surface area contributed by atoms with Crippen molar-refractivity contribution in [2.24, 2.45) is 5.92 Å². The lowest BCUT2D eigenvalue weighted by atomic mass is 9.85. The Hall–Kier alpha value is -0.553. The Kier molecular flexibility index (Phi) is 7.59. The van der Waals surface area contributed by atoms with E-state index < -0.39 is 25.9 Å². The van der Waals surface area contributed by atoms with Crippen molar-refractivity contribution in [3.8, 4) is 0 Å². The van der Waals surface area contributed by atoms with E-state index in [2.05, 4.69) is 25.0 Å². The summed E-state index contributed by atoms with van der Waals surface area (Å²) in [6.45, 7) is 12.1. The zero-order valence-electron chi connectivity index (χ0n) is 15.9. The number of aliphatic hydroxyl groups is 1. The summed E-state index contributed by atoms with van der Waals surface area (Å²) in [5, 5.41) is 13.6. The Morgan fingerprint density at radius 1 is 1.22 bits per heavy atom. The number of carbonyl (C=O) groups is 1. The van der Waals surface area contributed by atoms with E-state index in [0.29, 0.717) is 0 Å². The standard InChI is InChI=1S/C18H37NO3Si/c1-18(2,3)22-17(21)19-16(23(4,5)6)15(20)13-12-14-10-8-7-9-11-14/h14-16,20H,7-13H2,1-6H3,(H,19,21)/t15?,16-/m0/s1. The number of amides is 1. The van der Waals surface area contributed by atoms with Crippen LogP contribution in [0.15, 0.2) is 0 Å². The summed E-state index contributed by atoms with van der Waals surface area (Å²) < 4.78 is 5.37. The Morgan fingerprint density at radius 2 is 1.78 bits per heavy atom. The fourth-order valence-electron chi connectivity index (χ4n) is 3.37. The van der Waals surface area contributed by atoms with Crippen molar-refractivity contribution < 1.29 is 14.6 Å². The highest BCUT2D eigenvalue weighted by Crippen LogP contribution is 2.28. The SMILES string of the molecule is CC(C)(C)OC(=O)N[C@H](C(O)CCC1CCCCC1)[Si](C)(C)C. The van der Waals surface area contributed by atoms with E-state index in [1.165, 1.54) is 32.1 Å². The van der Waals surface area contributed by atoms with Crippen LogP contribution in [0.1, 0.15) is 65.7 Å². The van der Waals surface area contributed by atoms with Gasteiger partial charge in [0, 0.05) is 5.67 Å². The van der Waals surface area contributed by atoms with Crippen molar-refractivity contribution in [1.29, 1.82) is 0 Å². The molecule has 1 amide bonds. The minimum absolute atomic E-state index is 0.166. The highest BCUT2D eigenvalue weighted by atomic mass is 28.3. The maximum Gasteiger partial charge on any atom is 0.407 e. The lowest BCUT2D eigenvalue weighted by Crippen LogP contribution is -2.58. The summed E-state index contributed by atoms with van der Waals surface area (Å²) >= 11 is 0. The highest BCUT2D eigenvalue weighted by Gasteiger charge is 2.35. The molecule has 4 nitrogen and oxygen atoms in total. The van der Waals surface area contributed by atoms with Gasteiger partial charge in [-0.1, -0.05) is 51.7 Å². The summed E-state index contributed by atoms with van der Waals surface area (Å²) in [6, 6.07) is 0. The number of alkyl carbamates (subject to hydrolysis) is 1. The maximum atomic E-state index is 12.1.